The molecule has 1 aromatic carbocycles. The first-order chi connectivity index (χ1) is 16.9. The van der Waals surface area contributed by atoms with Gasteiger partial charge in [0.2, 0.25) is 11.8 Å². The number of anilines is 2. The summed E-state index contributed by atoms with van der Waals surface area (Å²) in [5, 5.41) is 16.1. The molecule has 194 valence electrons. The second kappa shape index (κ2) is 10.0. The number of rotatable bonds is 6. The van der Waals surface area contributed by atoms with E-state index in [1.54, 1.807) is 19.0 Å². The lowest BCUT2D eigenvalue weighted by molar-refractivity contribution is 0.167. The molecule has 1 aliphatic rings. The number of aromatic nitrogens is 3. The molecular weight excluding hydrogens is 478 g/mol. The normalized spacial score (nSPS) is 14.6. The van der Waals surface area contributed by atoms with E-state index in [-0.39, 0.29) is 23.5 Å². The monoisotopic (exact) mass is 513 g/mol. The topological polar surface area (TPSA) is 89.8 Å². The Labute approximate surface area is 217 Å². The number of urea groups is 1. The average molecular weight is 514 g/mol. The van der Waals surface area contributed by atoms with Gasteiger partial charge in [0.25, 0.3) is 0 Å². The molecule has 0 aliphatic carbocycles. The van der Waals surface area contributed by atoms with Crippen LogP contribution in [0.3, 0.4) is 0 Å². The lowest BCUT2D eigenvalue weighted by Gasteiger charge is -2.36. The van der Waals surface area contributed by atoms with E-state index in [2.05, 4.69) is 24.1 Å². The summed E-state index contributed by atoms with van der Waals surface area (Å²) in [4.78, 5) is 27.5. The van der Waals surface area contributed by atoms with Crippen LogP contribution in [0, 0.1) is 0 Å². The van der Waals surface area contributed by atoms with Crippen molar-refractivity contribution in [1.29, 1.82) is 0 Å². The van der Waals surface area contributed by atoms with E-state index < -0.39 is 0 Å². The van der Waals surface area contributed by atoms with Crippen molar-refractivity contribution < 1.29 is 9.90 Å². The molecule has 2 N–H and O–H groups in total. The van der Waals surface area contributed by atoms with E-state index in [1.165, 1.54) is 0 Å². The van der Waals surface area contributed by atoms with Crippen LogP contribution in [-0.2, 0) is 6.42 Å². The number of carbonyl (C=O) groups excluding carboxylic acids is 1. The number of carbonyl (C=O) groups is 1. The molecule has 0 radical (unpaired) electrons. The van der Waals surface area contributed by atoms with E-state index in [1.807, 2.05) is 53.8 Å². The number of benzene rings is 1. The molecule has 10 heteroatoms. The van der Waals surface area contributed by atoms with Gasteiger partial charge in [-0.25, -0.2) is 9.78 Å². The van der Waals surface area contributed by atoms with Crippen molar-refractivity contribution in [3.8, 4) is 5.88 Å². The minimum Gasteiger partial charge on any atom is -0.493 e. The van der Waals surface area contributed by atoms with Crippen molar-refractivity contribution in [3.05, 3.63) is 41.0 Å². The summed E-state index contributed by atoms with van der Waals surface area (Å²) in [6, 6.07) is 7.93. The van der Waals surface area contributed by atoms with Crippen molar-refractivity contribution in [2.24, 2.45) is 0 Å². The average Bonchev–Trinajstić information content (AvgIpc) is 3.17. The number of nitrogens with one attached hydrogen (secondary N) is 1. The molecule has 9 nitrogen and oxygen atoms in total. The highest BCUT2D eigenvalue weighted by Crippen LogP contribution is 2.35. The third-order valence-corrected chi connectivity index (χ3v) is 6.70. The lowest BCUT2D eigenvalue weighted by atomic mass is 9.95. The van der Waals surface area contributed by atoms with Gasteiger partial charge in [-0.2, -0.15) is 4.98 Å². The fourth-order valence-electron chi connectivity index (χ4n) is 4.56. The molecule has 0 bridgehead atoms. The van der Waals surface area contributed by atoms with Gasteiger partial charge in [0.15, 0.2) is 0 Å². The number of halogens is 1. The van der Waals surface area contributed by atoms with E-state index in [0.29, 0.717) is 48.5 Å². The fourth-order valence-corrected chi connectivity index (χ4v) is 4.69. The molecule has 0 atom stereocenters. The van der Waals surface area contributed by atoms with E-state index >= 15 is 0 Å². The lowest BCUT2D eigenvalue weighted by Crippen LogP contribution is -2.52. The van der Waals surface area contributed by atoms with E-state index in [9.17, 15) is 9.90 Å². The van der Waals surface area contributed by atoms with Crippen LogP contribution in [0.5, 0.6) is 5.88 Å². The minimum atomic E-state index is -0.335. The predicted molar refractivity (Wildman–Crippen MR) is 145 cm³/mol. The molecule has 4 rings (SSSR count). The zero-order valence-corrected chi connectivity index (χ0v) is 22.7. The summed E-state index contributed by atoms with van der Waals surface area (Å²) in [5.41, 5.74) is 1.34. The molecule has 1 saturated heterocycles. The Balaban J connectivity index is 1.66. The summed E-state index contributed by atoms with van der Waals surface area (Å²) in [7, 11) is 3.52. The van der Waals surface area contributed by atoms with Crippen molar-refractivity contribution in [2.75, 3.05) is 50.5 Å². The van der Waals surface area contributed by atoms with Crippen molar-refractivity contribution >= 4 is 40.3 Å². The Bertz CT molecular complexity index is 1230. The number of hydrogen-bond acceptors (Lipinski definition) is 6. The maximum atomic E-state index is 12.4. The number of amides is 2. The maximum absolute atomic E-state index is 12.4. The Morgan fingerprint density at radius 2 is 1.78 bits per heavy atom. The summed E-state index contributed by atoms with van der Waals surface area (Å²) in [6.07, 6.45) is 2.67. The van der Waals surface area contributed by atoms with Gasteiger partial charge in [-0.15, -0.1) is 0 Å². The fraction of sp³-hybridized carbons (Fsp3) is 0.500. The molecule has 2 amide bonds. The summed E-state index contributed by atoms with van der Waals surface area (Å²) in [5.74, 6) is 1.35. The van der Waals surface area contributed by atoms with Crippen molar-refractivity contribution in [2.45, 2.75) is 45.7 Å². The predicted octanol–water partition coefficient (Wildman–Crippen LogP) is 4.61. The van der Waals surface area contributed by atoms with Crippen LogP contribution in [0.4, 0.5) is 16.6 Å². The van der Waals surface area contributed by atoms with Gasteiger partial charge >= 0.3 is 6.03 Å². The Kier molecular flexibility index (Phi) is 7.22. The Hall–Kier alpha value is -3.20. The van der Waals surface area contributed by atoms with Crippen LogP contribution in [0.25, 0.3) is 10.9 Å². The van der Waals surface area contributed by atoms with Crippen LogP contribution < -0.4 is 10.2 Å². The highest BCUT2D eigenvalue weighted by molar-refractivity contribution is 6.30. The zero-order chi connectivity index (χ0) is 26.2. The SMILES string of the molecule is CC(C)n1cc2c(NC(C)(C)Cc3ccc(Cl)cc3)nc(N3CCN(C(=O)N(C)C)CC3)nc2c1O. The number of hydrogen-bond donors (Lipinski definition) is 2. The van der Waals surface area contributed by atoms with Gasteiger partial charge in [-0.05, 0) is 51.8 Å². The zero-order valence-electron chi connectivity index (χ0n) is 21.9. The quantitative estimate of drug-likeness (QED) is 0.500. The van der Waals surface area contributed by atoms with Crippen LogP contribution in [0.15, 0.2) is 30.5 Å². The van der Waals surface area contributed by atoms with Gasteiger partial charge < -0.3 is 29.7 Å². The van der Waals surface area contributed by atoms with Crippen LogP contribution in [0.1, 0.15) is 39.3 Å². The number of nitrogens with zero attached hydrogens (tertiary/aromatic N) is 6. The molecule has 1 fully saturated rings. The van der Waals surface area contributed by atoms with E-state index in [0.717, 1.165) is 17.4 Å². The first-order valence-electron chi connectivity index (χ1n) is 12.3. The second-order valence-electron chi connectivity index (χ2n) is 10.6. The van der Waals surface area contributed by atoms with Crippen LogP contribution >= 0.6 is 11.6 Å². The molecule has 36 heavy (non-hydrogen) atoms. The van der Waals surface area contributed by atoms with Crippen molar-refractivity contribution in [1.82, 2.24) is 24.3 Å². The number of piperazine rings is 1. The third-order valence-electron chi connectivity index (χ3n) is 6.45. The maximum Gasteiger partial charge on any atom is 0.319 e. The van der Waals surface area contributed by atoms with Crippen LogP contribution in [-0.4, -0.2) is 81.3 Å². The van der Waals surface area contributed by atoms with Gasteiger partial charge in [0.05, 0.1) is 5.39 Å². The van der Waals surface area contributed by atoms with Crippen LogP contribution in [0.2, 0.25) is 5.02 Å². The molecule has 0 saturated carbocycles. The molecule has 0 spiro atoms. The highest BCUT2D eigenvalue weighted by atomic mass is 35.5. The summed E-state index contributed by atoms with van der Waals surface area (Å²) in [6.45, 7) is 10.7. The van der Waals surface area contributed by atoms with Gasteiger partial charge in [0.1, 0.15) is 11.3 Å². The first-order valence-corrected chi connectivity index (χ1v) is 12.7. The number of fused-ring (bicyclic) bond motifs is 1. The Morgan fingerprint density at radius 1 is 1.14 bits per heavy atom. The standard InChI is InChI=1S/C26H36ClN7O2/c1-17(2)34-16-20-21(23(34)35)28-24(32-11-13-33(14-12-32)25(36)31(5)6)29-22(20)30-26(3,4)15-18-7-9-19(27)10-8-18/h7-10,16-17,35H,11-15H2,1-6H3,(H,28,29,30). The summed E-state index contributed by atoms with van der Waals surface area (Å²) >= 11 is 6.07. The van der Waals surface area contributed by atoms with Gasteiger partial charge in [-0.3, -0.25) is 0 Å². The largest absolute Gasteiger partial charge is 0.493 e. The molecular formula is C26H36ClN7O2. The molecule has 0 unspecified atom stereocenters. The third kappa shape index (κ3) is 5.46. The Morgan fingerprint density at radius 3 is 2.36 bits per heavy atom. The highest BCUT2D eigenvalue weighted by Gasteiger charge is 2.27. The molecule has 2 aromatic heterocycles. The van der Waals surface area contributed by atoms with Gasteiger partial charge in [-0.1, -0.05) is 23.7 Å². The van der Waals surface area contributed by atoms with Crippen molar-refractivity contribution in [3.63, 3.8) is 0 Å². The molecule has 3 aromatic rings. The van der Waals surface area contributed by atoms with Gasteiger partial charge in [0, 0.05) is 63.1 Å². The smallest absolute Gasteiger partial charge is 0.319 e. The number of aromatic hydroxyl groups is 1. The first kappa shape index (κ1) is 25.9. The molecule has 1 aliphatic heterocycles. The second-order valence-corrected chi connectivity index (χ2v) is 11.0. The summed E-state index contributed by atoms with van der Waals surface area (Å²) < 4.78 is 1.81. The minimum absolute atomic E-state index is 0.00368. The molecule has 3 heterocycles. The van der Waals surface area contributed by atoms with E-state index in [4.69, 9.17) is 21.6 Å².